The molecule has 2 heterocycles. The van der Waals surface area contributed by atoms with Gasteiger partial charge in [-0.1, -0.05) is 12.1 Å². The first-order chi connectivity index (χ1) is 7.40. The summed E-state index contributed by atoms with van der Waals surface area (Å²) in [5, 5.41) is 12.2. The largest absolute Gasteiger partial charge is 0.313 e. The lowest BCUT2D eigenvalue weighted by atomic mass is 10.1. The van der Waals surface area contributed by atoms with Gasteiger partial charge in [-0.25, -0.2) is 4.98 Å². The first kappa shape index (κ1) is 8.45. The molecule has 0 fully saturated rings. The standard InChI is InChI=1S/C11H10N4/c12-5-8-6-13-7-15-10-4-2-1-3-9(10)14-11(8)15/h1-4,8,13H,6-7H2. The fraction of sp³-hybridized carbons (Fsp3) is 0.273. The molecule has 1 N–H and O–H groups in total. The van der Waals surface area contributed by atoms with E-state index in [1.807, 2.05) is 24.3 Å². The zero-order valence-electron chi connectivity index (χ0n) is 8.14. The molecule has 1 unspecified atom stereocenters. The highest BCUT2D eigenvalue weighted by atomic mass is 15.2. The van der Waals surface area contributed by atoms with Crippen LogP contribution < -0.4 is 5.32 Å². The first-order valence-electron chi connectivity index (χ1n) is 4.95. The number of nitrogens with zero attached hydrogens (tertiary/aromatic N) is 3. The van der Waals surface area contributed by atoms with Crippen LogP contribution in [0.15, 0.2) is 24.3 Å². The summed E-state index contributed by atoms with van der Waals surface area (Å²) >= 11 is 0. The predicted octanol–water partition coefficient (Wildman–Crippen LogP) is 1.20. The van der Waals surface area contributed by atoms with E-state index in [4.69, 9.17) is 5.26 Å². The molecule has 15 heavy (non-hydrogen) atoms. The van der Waals surface area contributed by atoms with Crippen LogP contribution in [-0.2, 0) is 6.67 Å². The van der Waals surface area contributed by atoms with Crippen molar-refractivity contribution in [2.75, 3.05) is 6.54 Å². The Morgan fingerprint density at radius 2 is 2.33 bits per heavy atom. The third-order valence-electron chi connectivity index (χ3n) is 2.77. The first-order valence-corrected chi connectivity index (χ1v) is 4.95. The van der Waals surface area contributed by atoms with E-state index in [1.54, 1.807) is 0 Å². The molecular weight excluding hydrogens is 188 g/mol. The smallest absolute Gasteiger partial charge is 0.129 e. The second-order valence-electron chi connectivity index (χ2n) is 3.68. The molecule has 0 bridgehead atoms. The summed E-state index contributed by atoms with van der Waals surface area (Å²) in [7, 11) is 0. The number of fused-ring (bicyclic) bond motifs is 3. The molecule has 74 valence electrons. The quantitative estimate of drug-likeness (QED) is 0.692. The van der Waals surface area contributed by atoms with Crippen molar-refractivity contribution in [1.29, 1.82) is 5.26 Å². The molecule has 0 amide bonds. The molecule has 0 saturated carbocycles. The number of nitriles is 1. The maximum absolute atomic E-state index is 9.02. The minimum Gasteiger partial charge on any atom is -0.313 e. The second-order valence-corrected chi connectivity index (χ2v) is 3.68. The number of hydrogen-bond acceptors (Lipinski definition) is 3. The average Bonchev–Trinajstić information content (AvgIpc) is 2.67. The van der Waals surface area contributed by atoms with Gasteiger partial charge >= 0.3 is 0 Å². The lowest BCUT2D eigenvalue weighted by Gasteiger charge is -2.19. The van der Waals surface area contributed by atoms with Gasteiger partial charge in [-0.3, -0.25) is 5.32 Å². The molecule has 1 aliphatic rings. The van der Waals surface area contributed by atoms with Crippen molar-refractivity contribution in [2.24, 2.45) is 0 Å². The van der Waals surface area contributed by atoms with E-state index < -0.39 is 0 Å². The van der Waals surface area contributed by atoms with Gasteiger partial charge in [0, 0.05) is 6.54 Å². The fourth-order valence-electron chi connectivity index (χ4n) is 2.04. The number of rotatable bonds is 0. The van der Waals surface area contributed by atoms with Crippen LogP contribution in [0.5, 0.6) is 0 Å². The van der Waals surface area contributed by atoms with Gasteiger partial charge in [-0.05, 0) is 12.1 Å². The monoisotopic (exact) mass is 198 g/mol. The minimum absolute atomic E-state index is 0.133. The molecule has 1 atom stereocenters. The number of para-hydroxylation sites is 2. The SMILES string of the molecule is N#CC1CNCn2c1nc1ccccc12. The molecule has 0 spiro atoms. The third-order valence-corrected chi connectivity index (χ3v) is 2.77. The normalized spacial score (nSPS) is 19.8. The number of benzene rings is 1. The number of aromatic nitrogens is 2. The topological polar surface area (TPSA) is 53.6 Å². The van der Waals surface area contributed by atoms with Gasteiger partial charge in [0.1, 0.15) is 11.7 Å². The fourth-order valence-corrected chi connectivity index (χ4v) is 2.04. The molecule has 1 aliphatic heterocycles. The van der Waals surface area contributed by atoms with Crippen molar-refractivity contribution >= 4 is 11.0 Å². The van der Waals surface area contributed by atoms with Crippen molar-refractivity contribution in [3.63, 3.8) is 0 Å². The van der Waals surface area contributed by atoms with Crippen molar-refractivity contribution in [1.82, 2.24) is 14.9 Å². The lowest BCUT2D eigenvalue weighted by Crippen LogP contribution is -2.32. The molecular formula is C11H10N4. The van der Waals surface area contributed by atoms with Crippen molar-refractivity contribution in [2.45, 2.75) is 12.6 Å². The minimum atomic E-state index is -0.133. The molecule has 3 rings (SSSR count). The summed E-state index contributed by atoms with van der Waals surface area (Å²) in [5.74, 6) is 0.753. The van der Waals surface area contributed by atoms with Gasteiger partial charge in [-0.2, -0.15) is 5.26 Å². The molecule has 1 aromatic carbocycles. The summed E-state index contributed by atoms with van der Waals surface area (Å²) in [5.41, 5.74) is 2.07. The second kappa shape index (κ2) is 3.07. The number of nitrogens with one attached hydrogen (secondary N) is 1. The summed E-state index contributed by atoms with van der Waals surface area (Å²) < 4.78 is 2.08. The summed E-state index contributed by atoms with van der Waals surface area (Å²) in [6.45, 7) is 1.44. The molecule has 2 aromatic rings. The van der Waals surface area contributed by atoms with Crippen LogP contribution in [0.2, 0.25) is 0 Å². The van der Waals surface area contributed by atoms with Gasteiger partial charge in [0.15, 0.2) is 0 Å². The van der Waals surface area contributed by atoms with Gasteiger partial charge in [-0.15, -0.1) is 0 Å². The Hall–Kier alpha value is -1.86. The summed E-state index contributed by atoms with van der Waals surface area (Å²) in [6.07, 6.45) is 0. The van der Waals surface area contributed by atoms with Gasteiger partial charge in [0.05, 0.1) is 23.8 Å². The average molecular weight is 198 g/mol. The maximum Gasteiger partial charge on any atom is 0.129 e. The zero-order chi connectivity index (χ0) is 10.3. The van der Waals surface area contributed by atoms with Crippen LogP contribution in [0.1, 0.15) is 11.7 Å². The van der Waals surface area contributed by atoms with Gasteiger partial charge in [0.2, 0.25) is 0 Å². The maximum atomic E-state index is 9.02. The summed E-state index contributed by atoms with van der Waals surface area (Å²) in [6, 6.07) is 10.3. The molecule has 4 heteroatoms. The highest BCUT2D eigenvalue weighted by Gasteiger charge is 2.23. The van der Waals surface area contributed by atoms with Crippen LogP contribution in [0.3, 0.4) is 0 Å². The zero-order valence-corrected chi connectivity index (χ0v) is 8.14. The lowest BCUT2D eigenvalue weighted by molar-refractivity contribution is 0.472. The predicted molar refractivity (Wildman–Crippen MR) is 56.1 cm³/mol. The Balaban J connectivity index is 2.30. The third kappa shape index (κ3) is 1.14. The number of imidazole rings is 1. The van der Waals surface area contributed by atoms with E-state index >= 15 is 0 Å². The van der Waals surface area contributed by atoms with Crippen molar-refractivity contribution < 1.29 is 0 Å². The summed E-state index contributed by atoms with van der Waals surface area (Å²) in [4.78, 5) is 4.51. The molecule has 0 saturated heterocycles. The van der Waals surface area contributed by atoms with Crippen LogP contribution in [0, 0.1) is 11.3 Å². The van der Waals surface area contributed by atoms with Gasteiger partial charge < -0.3 is 4.57 Å². The highest BCUT2D eigenvalue weighted by Crippen LogP contribution is 2.23. The van der Waals surface area contributed by atoms with Gasteiger partial charge in [0.25, 0.3) is 0 Å². The van der Waals surface area contributed by atoms with E-state index in [2.05, 4.69) is 20.9 Å². The Kier molecular flexibility index (Phi) is 1.73. The van der Waals surface area contributed by atoms with Crippen LogP contribution in [0.4, 0.5) is 0 Å². The Morgan fingerprint density at radius 3 is 3.20 bits per heavy atom. The van der Waals surface area contributed by atoms with Crippen molar-refractivity contribution in [3.8, 4) is 6.07 Å². The highest BCUT2D eigenvalue weighted by molar-refractivity contribution is 5.76. The molecule has 1 aromatic heterocycles. The van der Waals surface area contributed by atoms with Crippen LogP contribution in [-0.4, -0.2) is 16.1 Å². The van der Waals surface area contributed by atoms with Crippen LogP contribution in [0.25, 0.3) is 11.0 Å². The van der Waals surface area contributed by atoms with E-state index in [1.165, 1.54) is 0 Å². The van der Waals surface area contributed by atoms with Crippen LogP contribution >= 0.6 is 0 Å². The van der Waals surface area contributed by atoms with Crippen molar-refractivity contribution in [3.05, 3.63) is 30.1 Å². The number of hydrogen-bond donors (Lipinski definition) is 1. The Morgan fingerprint density at radius 1 is 1.47 bits per heavy atom. The molecule has 0 radical (unpaired) electrons. The Labute approximate surface area is 87.1 Å². The molecule has 4 nitrogen and oxygen atoms in total. The van der Waals surface area contributed by atoms with E-state index in [0.717, 1.165) is 23.5 Å². The van der Waals surface area contributed by atoms with E-state index in [0.29, 0.717) is 6.54 Å². The molecule has 0 aliphatic carbocycles. The van der Waals surface area contributed by atoms with E-state index in [-0.39, 0.29) is 5.92 Å². The van der Waals surface area contributed by atoms with E-state index in [9.17, 15) is 0 Å². The Bertz CT molecular complexity index is 549.